The van der Waals surface area contributed by atoms with Gasteiger partial charge < -0.3 is 20.5 Å². The van der Waals surface area contributed by atoms with E-state index in [-0.39, 0.29) is 29.8 Å². The van der Waals surface area contributed by atoms with Gasteiger partial charge in [-0.3, -0.25) is 9.59 Å². The molecular weight excluding hydrogens is 284 g/mol. The predicted octanol–water partition coefficient (Wildman–Crippen LogP) is 0.196. The second-order valence-electron chi connectivity index (χ2n) is 4.97. The summed E-state index contributed by atoms with van der Waals surface area (Å²) in [6, 6.07) is 0.130. The van der Waals surface area contributed by atoms with Gasteiger partial charge in [0.05, 0.1) is 19.2 Å². The molecule has 112 valence electrons. The van der Waals surface area contributed by atoms with Crippen LogP contribution in [0, 0.1) is 5.92 Å². The number of carbonyl (C=O) groups is 3. The number of amides is 2. The van der Waals surface area contributed by atoms with E-state index in [1.165, 1.54) is 7.11 Å². The average molecular weight is 302 g/mol. The number of thioether (sulfide) groups is 1. The van der Waals surface area contributed by atoms with E-state index in [1.807, 2.05) is 0 Å². The number of esters is 1. The minimum absolute atomic E-state index is 0.105. The van der Waals surface area contributed by atoms with Crippen LogP contribution in [-0.2, 0) is 14.3 Å². The van der Waals surface area contributed by atoms with E-state index in [0.29, 0.717) is 6.42 Å². The Morgan fingerprint density at radius 1 is 1.50 bits per heavy atom. The molecule has 2 aliphatic heterocycles. The van der Waals surface area contributed by atoms with Crippen LogP contribution in [0.3, 0.4) is 0 Å². The number of rotatable bonds is 6. The lowest BCUT2D eigenvalue weighted by molar-refractivity contribution is -0.157. The zero-order valence-electron chi connectivity index (χ0n) is 11.1. The molecule has 2 aliphatic rings. The molecule has 4 atom stereocenters. The van der Waals surface area contributed by atoms with Crippen LogP contribution in [0.25, 0.3) is 0 Å². The Labute approximate surface area is 120 Å². The number of hydrogen-bond acceptors (Lipinski definition) is 5. The van der Waals surface area contributed by atoms with Crippen molar-refractivity contribution in [3.05, 3.63) is 0 Å². The number of ether oxygens (including phenoxy) is 1. The first-order valence-corrected chi connectivity index (χ1v) is 7.57. The number of nitrogens with one attached hydrogen (secondary N) is 2. The quantitative estimate of drug-likeness (QED) is 0.368. The second kappa shape index (κ2) is 6.34. The van der Waals surface area contributed by atoms with Gasteiger partial charge in [0.25, 0.3) is 0 Å². The third-order valence-electron chi connectivity index (χ3n) is 3.70. The second-order valence-corrected chi connectivity index (χ2v) is 6.24. The van der Waals surface area contributed by atoms with Crippen LogP contribution in [0.5, 0.6) is 0 Å². The Bertz CT molecular complexity index is 417. The Morgan fingerprint density at radius 3 is 2.90 bits per heavy atom. The molecular formula is C12H18N2O5S. The van der Waals surface area contributed by atoms with Gasteiger partial charge in [-0.05, 0) is 12.8 Å². The summed E-state index contributed by atoms with van der Waals surface area (Å²) in [5.41, 5.74) is 0. The van der Waals surface area contributed by atoms with E-state index in [9.17, 15) is 14.4 Å². The van der Waals surface area contributed by atoms with E-state index in [1.54, 1.807) is 11.8 Å². The summed E-state index contributed by atoms with van der Waals surface area (Å²) >= 11 is 1.77. The van der Waals surface area contributed by atoms with Crippen LogP contribution in [0.15, 0.2) is 0 Å². The van der Waals surface area contributed by atoms with Crippen molar-refractivity contribution in [1.82, 2.24) is 10.6 Å². The molecule has 0 aromatic rings. The molecule has 2 amide bonds. The molecule has 7 nitrogen and oxygen atoms in total. The van der Waals surface area contributed by atoms with Crippen molar-refractivity contribution in [2.24, 2.45) is 5.92 Å². The van der Waals surface area contributed by atoms with Gasteiger partial charge in [0.1, 0.15) is 0 Å². The number of urea groups is 1. The largest absolute Gasteiger partial charge is 0.481 e. The molecule has 2 heterocycles. The first kappa shape index (κ1) is 15.0. The lowest BCUT2D eigenvalue weighted by atomic mass is 9.98. The molecule has 2 fully saturated rings. The molecule has 0 aromatic heterocycles. The minimum atomic E-state index is -1.15. The standard InChI is InChI=1S/C12H18N2O5S/c1-19-11(17)6(10(15)16)3-2-4-8-9-7(5-20-8)13-12(18)14-9/h6-9H,2-5H2,1H3,(H,15,16)(H2,13,14,18)/t6?,7-,8-,9-/m0/s1. The maximum absolute atomic E-state index is 11.3. The number of carboxylic acid groups (broad SMARTS) is 1. The van der Waals surface area contributed by atoms with Crippen molar-refractivity contribution in [3.8, 4) is 0 Å². The molecule has 1 unspecified atom stereocenters. The van der Waals surface area contributed by atoms with E-state index < -0.39 is 17.9 Å². The first-order valence-electron chi connectivity index (χ1n) is 6.52. The van der Waals surface area contributed by atoms with Gasteiger partial charge in [-0.15, -0.1) is 0 Å². The van der Waals surface area contributed by atoms with Crippen LogP contribution in [0.1, 0.15) is 19.3 Å². The molecule has 3 N–H and O–H groups in total. The van der Waals surface area contributed by atoms with Gasteiger partial charge >= 0.3 is 18.0 Å². The number of carbonyl (C=O) groups excluding carboxylic acids is 2. The number of aliphatic carboxylic acids is 1. The SMILES string of the molecule is COC(=O)C(CCC[C@@H]1SC[C@@H]2NC(=O)N[C@@H]21)C(=O)O. The topological polar surface area (TPSA) is 105 Å². The Morgan fingerprint density at radius 2 is 2.25 bits per heavy atom. The van der Waals surface area contributed by atoms with Gasteiger partial charge in [0.2, 0.25) is 0 Å². The monoisotopic (exact) mass is 302 g/mol. The third-order valence-corrected chi connectivity index (χ3v) is 5.21. The third kappa shape index (κ3) is 3.17. The highest BCUT2D eigenvalue weighted by atomic mass is 32.2. The fraction of sp³-hybridized carbons (Fsp3) is 0.750. The normalized spacial score (nSPS) is 29.2. The van der Waals surface area contributed by atoms with E-state index in [4.69, 9.17) is 5.11 Å². The van der Waals surface area contributed by atoms with Gasteiger partial charge in [-0.2, -0.15) is 11.8 Å². The van der Waals surface area contributed by atoms with Crippen molar-refractivity contribution < 1.29 is 24.2 Å². The van der Waals surface area contributed by atoms with E-state index >= 15 is 0 Å². The first-order chi connectivity index (χ1) is 9.52. The number of methoxy groups -OCH3 is 1. The minimum Gasteiger partial charge on any atom is -0.481 e. The van der Waals surface area contributed by atoms with Crippen molar-refractivity contribution in [1.29, 1.82) is 0 Å². The highest BCUT2D eigenvalue weighted by Crippen LogP contribution is 2.33. The smallest absolute Gasteiger partial charge is 0.320 e. The molecule has 0 aromatic carbocycles. The molecule has 8 heteroatoms. The Hall–Kier alpha value is -1.44. The zero-order chi connectivity index (χ0) is 14.7. The molecule has 0 aliphatic carbocycles. The number of hydrogen-bond donors (Lipinski definition) is 3. The van der Waals surface area contributed by atoms with E-state index in [2.05, 4.69) is 15.4 Å². The van der Waals surface area contributed by atoms with Gasteiger partial charge in [-0.25, -0.2) is 4.79 Å². The molecule has 0 radical (unpaired) electrons. The summed E-state index contributed by atoms with van der Waals surface area (Å²) < 4.78 is 4.49. The summed E-state index contributed by atoms with van der Waals surface area (Å²) in [6.45, 7) is 0. The highest BCUT2D eigenvalue weighted by Gasteiger charge is 2.42. The maximum atomic E-state index is 11.3. The Balaban J connectivity index is 1.79. The van der Waals surface area contributed by atoms with Crippen molar-refractivity contribution in [2.75, 3.05) is 12.9 Å². The Kier molecular flexibility index (Phi) is 4.74. The predicted molar refractivity (Wildman–Crippen MR) is 72.5 cm³/mol. The fourth-order valence-corrected chi connectivity index (χ4v) is 4.19. The summed E-state index contributed by atoms with van der Waals surface area (Å²) in [6.07, 6.45) is 1.65. The number of fused-ring (bicyclic) bond motifs is 1. The summed E-state index contributed by atoms with van der Waals surface area (Å²) in [7, 11) is 1.19. The molecule has 0 saturated carbocycles. The highest BCUT2D eigenvalue weighted by molar-refractivity contribution is 8.00. The zero-order valence-corrected chi connectivity index (χ0v) is 11.9. The van der Waals surface area contributed by atoms with Gasteiger partial charge in [-0.1, -0.05) is 6.42 Å². The van der Waals surface area contributed by atoms with Crippen molar-refractivity contribution in [2.45, 2.75) is 36.6 Å². The van der Waals surface area contributed by atoms with Crippen LogP contribution in [0.2, 0.25) is 0 Å². The molecule has 0 bridgehead atoms. The molecule has 2 saturated heterocycles. The van der Waals surface area contributed by atoms with E-state index in [0.717, 1.165) is 12.2 Å². The lowest BCUT2D eigenvalue weighted by Crippen LogP contribution is -2.37. The molecule has 20 heavy (non-hydrogen) atoms. The lowest BCUT2D eigenvalue weighted by Gasteiger charge is -2.17. The van der Waals surface area contributed by atoms with Crippen LogP contribution in [0.4, 0.5) is 4.79 Å². The van der Waals surface area contributed by atoms with Crippen LogP contribution < -0.4 is 10.6 Å². The van der Waals surface area contributed by atoms with Gasteiger partial charge in [0, 0.05) is 11.0 Å². The van der Waals surface area contributed by atoms with Crippen LogP contribution >= 0.6 is 11.8 Å². The van der Waals surface area contributed by atoms with Crippen molar-refractivity contribution >= 4 is 29.7 Å². The van der Waals surface area contributed by atoms with Crippen molar-refractivity contribution in [3.63, 3.8) is 0 Å². The maximum Gasteiger partial charge on any atom is 0.320 e. The number of carboxylic acids is 1. The summed E-state index contributed by atoms with van der Waals surface area (Å²) in [5.74, 6) is -2.08. The average Bonchev–Trinajstić information content (AvgIpc) is 2.93. The summed E-state index contributed by atoms with van der Waals surface area (Å²) in [5, 5.41) is 15.0. The fourth-order valence-electron chi connectivity index (χ4n) is 2.65. The van der Waals surface area contributed by atoms with Crippen LogP contribution in [-0.4, -0.2) is 53.3 Å². The molecule has 0 spiro atoms. The summed E-state index contributed by atoms with van der Waals surface area (Å²) in [4.78, 5) is 33.5. The molecule has 2 rings (SSSR count). The van der Waals surface area contributed by atoms with Gasteiger partial charge in [0.15, 0.2) is 5.92 Å².